The number of halogens is 1. The SMILES string of the molecule is O=C1C(=Cc2ccc(O)c(Cl)c2)NC(=S)N1Cc1ccco1. The van der Waals surface area contributed by atoms with Gasteiger partial charge in [-0.05, 0) is 48.1 Å². The van der Waals surface area contributed by atoms with Gasteiger partial charge in [0.25, 0.3) is 5.91 Å². The summed E-state index contributed by atoms with van der Waals surface area (Å²) in [6.45, 7) is 0.269. The van der Waals surface area contributed by atoms with Gasteiger partial charge in [0.2, 0.25) is 0 Å². The third kappa shape index (κ3) is 2.84. The highest BCUT2D eigenvalue weighted by Crippen LogP contribution is 2.25. The van der Waals surface area contributed by atoms with E-state index in [-0.39, 0.29) is 23.2 Å². The summed E-state index contributed by atoms with van der Waals surface area (Å²) in [7, 11) is 0. The van der Waals surface area contributed by atoms with Crippen molar-refractivity contribution < 1.29 is 14.3 Å². The molecular weight excluding hydrogens is 324 g/mol. The van der Waals surface area contributed by atoms with Crippen LogP contribution in [0.3, 0.4) is 0 Å². The van der Waals surface area contributed by atoms with Gasteiger partial charge in [-0.2, -0.15) is 0 Å². The summed E-state index contributed by atoms with van der Waals surface area (Å²) < 4.78 is 5.23. The first-order chi connectivity index (χ1) is 10.5. The Hall–Kier alpha value is -2.31. The van der Waals surface area contributed by atoms with Crippen molar-refractivity contribution >= 4 is 40.9 Å². The number of thiocarbonyl (C=S) groups is 1. The van der Waals surface area contributed by atoms with E-state index in [0.29, 0.717) is 22.1 Å². The molecule has 1 aliphatic heterocycles. The minimum Gasteiger partial charge on any atom is -0.506 e. The quantitative estimate of drug-likeness (QED) is 0.667. The first kappa shape index (κ1) is 14.6. The summed E-state index contributed by atoms with van der Waals surface area (Å²) >= 11 is 11.0. The molecule has 1 aromatic heterocycles. The maximum atomic E-state index is 12.4. The number of nitrogens with one attached hydrogen (secondary N) is 1. The molecule has 2 aromatic rings. The number of hydrogen-bond acceptors (Lipinski definition) is 4. The molecule has 0 atom stereocenters. The molecule has 0 aliphatic carbocycles. The summed E-state index contributed by atoms with van der Waals surface area (Å²) in [5.74, 6) is 0.390. The Morgan fingerprint density at radius 3 is 2.91 bits per heavy atom. The van der Waals surface area contributed by atoms with Gasteiger partial charge in [0, 0.05) is 0 Å². The van der Waals surface area contributed by atoms with Gasteiger partial charge < -0.3 is 14.8 Å². The van der Waals surface area contributed by atoms with E-state index in [2.05, 4.69) is 5.32 Å². The summed E-state index contributed by atoms with van der Waals surface area (Å²) in [5.41, 5.74) is 1.03. The van der Waals surface area contributed by atoms with E-state index >= 15 is 0 Å². The first-order valence-electron chi connectivity index (χ1n) is 6.40. The average molecular weight is 335 g/mol. The molecule has 2 N–H and O–H groups in total. The Bertz CT molecular complexity index is 771. The first-order valence-corrected chi connectivity index (χ1v) is 7.18. The predicted octanol–water partition coefficient (Wildman–Crippen LogP) is 2.90. The van der Waals surface area contributed by atoms with Gasteiger partial charge in [0.05, 0.1) is 17.8 Å². The van der Waals surface area contributed by atoms with Crippen molar-refractivity contribution in [3.05, 3.63) is 58.6 Å². The second kappa shape index (κ2) is 5.82. The van der Waals surface area contributed by atoms with E-state index in [1.54, 1.807) is 36.6 Å². The number of furan rings is 1. The van der Waals surface area contributed by atoms with E-state index in [1.165, 1.54) is 11.0 Å². The molecule has 1 saturated heterocycles. The maximum Gasteiger partial charge on any atom is 0.276 e. The molecule has 1 aromatic carbocycles. The summed E-state index contributed by atoms with van der Waals surface area (Å²) in [6.07, 6.45) is 3.17. The van der Waals surface area contributed by atoms with Crippen molar-refractivity contribution in [2.45, 2.75) is 6.54 Å². The molecule has 0 radical (unpaired) electrons. The summed E-state index contributed by atoms with van der Waals surface area (Å²) in [6, 6.07) is 8.21. The monoisotopic (exact) mass is 334 g/mol. The number of carbonyl (C=O) groups is 1. The number of benzene rings is 1. The molecular formula is C15H11ClN2O3S. The van der Waals surface area contributed by atoms with Gasteiger partial charge in [-0.1, -0.05) is 17.7 Å². The number of phenols is 1. The minimum absolute atomic E-state index is 0.00973. The van der Waals surface area contributed by atoms with Crippen LogP contribution in [-0.4, -0.2) is 21.0 Å². The molecule has 7 heteroatoms. The van der Waals surface area contributed by atoms with Crippen molar-refractivity contribution in [1.82, 2.24) is 10.2 Å². The lowest BCUT2D eigenvalue weighted by Crippen LogP contribution is -2.29. The maximum absolute atomic E-state index is 12.4. The normalized spacial score (nSPS) is 16.4. The largest absolute Gasteiger partial charge is 0.506 e. The van der Waals surface area contributed by atoms with E-state index in [1.807, 2.05) is 0 Å². The van der Waals surface area contributed by atoms with Crippen molar-refractivity contribution in [3.63, 3.8) is 0 Å². The number of hydrogen-bond donors (Lipinski definition) is 2. The van der Waals surface area contributed by atoms with Crippen LogP contribution < -0.4 is 5.32 Å². The lowest BCUT2D eigenvalue weighted by atomic mass is 10.2. The van der Waals surface area contributed by atoms with Crippen molar-refractivity contribution in [1.29, 1.82) is 0 Å². The molecule has 0 unspecified atom stereocenters. The van der Waals surface area contributed by atoms with Crippen LogP contribution in [0.15, 0.2) is 46.7 Å². The van der Waals surface area contributed by atoms with Crippen LogP contribution in [0.4, 0.5) is 0 Å². The highest BCUT2D eigenvalue weighted by atomic mass is 35.5. The topological polar surface area (TPSA) is 65.7 Å². The van der Waals surface area contributed by atoms with Crippen LogP contribution in [0.1, 0.15) is 11.3 Å². The van der Waals surface area contributed by atoms with E-state index in [0.717, 1.165) is 0 Å². The van der Waals surface area contributed by atoms with Crippen molar-refractivity contribution in [3.8, 4) is 5.75 Å². The zero-order chi connectivity index (χ0) is 15.7. The Labute approximate surface area is 136 Å². The standard InChI is InChI=1S/C15H11ClN2O3S/c16-11-6-9(3-4-13(11)19)7-12-14(20)18(15(22)17-12)8-10-2-1-5-21-10/h1-7,19H,8H2,(H,17,22). The molecule has 5 nitrogen and oxygen atoms in total. The van der Waals surface area contributed by atoms with Gasteiger partial charge in [0.1, 0.15) is 17.2 Å². The fourth-order valence-corrected chi connectivity index (χ4v) is 2.50. The molecule has 0 saturated carbocycles. The van der Waals surface area contributed by atoms with Crippen LogP contribution in [0, 0.1) is 0 Å². The zero-order valence-corrected chi connectivity index (χ0v) is 12.8. The molecule has 3 rings (SSSR count). The van der Waals surface area contributed by atoms with Crippen LogP contribution in [0.2, 0.25) is 5.02 Å². The second-order valence-electron chi connectivity index (χ2n) is 4.67. The number of aromatic hydroxyl groups is 1. The number of rotatable bonds is 3. The third-order valence-corrected chi connectivity index (χ3v) is 3.76. The minimum atomic E-state index is -0.245. The molecule has 1 amide bonds. The van der Waals surface area contributed by atoms with Crippen LogP contribution in [0.25, 0.3) is 6.08 Å². The average Bonchev–Trinajstić information content (AvgIpc) is 3.08. The van der Waals surface area contributed by atoms with E-state index in [4.69, 9.17) is 28.2 Å². The van der Waals surface area contributed by atoms with Gasteiger partial charge in [0.15, 0.2) is 5.11 Å². The van der Waals surface area contributed by atoms with Crippen LogP contribution >= 0.6 is 23.8 Å². The highest BCUT2D eigenvalue weighted by molar-refractivity contribution is 7.80. The molecule has 1 aliphatic rings. The third-order valence-electron chi connectivity index (χ3n) is 3.14. The zero-order valence-electron chi connectivity index (χ0n) is 11.2. The Morgan fingerprint density at radius 1 is 1.41 bits per heavy atom. The van der Waals surface area contributed by atoms with Gasteiger partial charge >= 0.3 is 0 Å². The summed E-state index contributed by atoms with van der Waals surface area (Å²) in [5, 5.41) is 12.8. The smallest absolute Gasteiger partial charge is 0.276 e. The molecule has 112 valence electrons. The van der Waals surface area contributed by atoms with E-state index < -0.39 is 0 Å². The highest BCUT2D eigenvalue weighted by Gasteiger charge is 2.31. The van der Waals surface area contributed by atoms with E-state index in [9.17, 15) is 9.90 Å². The molecule has 22 heavy (non-hydrogen) atoms. The lowest BCUT2D eigenvalue weighted by Gasteiger charge is -2.11. The van der Waals surface area contributed by atoms with Crippen LogP contribution in [0.5, 0.6) is 5.75 Å². The molecule has 0 spiro atoms. The lowest BCUT2D eigenvalue weighted by molar-refractivity contribution is -0.122. The fourth-order valence-electron chi connectivity index (χ4n) is 2.05. The van der Waals surface area contributed by atoms with Crippen LogP contribution in [-0.2, 0) is 11.3 Å². The fraction of sp³-hybridized carbons (Fsp3) is 0.0667. The Morgan fingerprint density at radius 2 is 2.23 bits per heavy atom. The van der Waals surface area contributed by atoms with Gasteiger partial charge in [-0.25, -0.2) is 0 Å². The van der Waals surface area contributed by atoms with Gasteiger partial charge in [-0.3, -0.25) is 9.69 Å². The predicted molar refractivity (Wildman–Crippen MR) is 86.1 cm³/mol. The second-order valence-corrected chi connectivity index (χ2v) is 5.46. The molecule has 0 bridgehead atoms. The Kier molecular flexibility index (Phi) is 3.87. The summed E-state index contributed by atoms with van der Waals surface area (Å²) in [4.78, 5) is 13.8. The number of phenolic OH excluding ortho intramolecular Hbond substituents is 1. The Balaban J connectivity index is 1.83. The number of amides is 1. The van der Waals surface area contributed by atoms with Crippen molar-refractivity contribution in [2.75, 3.05) is 0 Å². The number of nitrogens with zero attached hydrogens (tertiary/aromatic N) is 1. The number of carbonyl (C=O) groups excluding carboxylic acids is 1. The van der Waals surface area contributed by atoms with Gasteiger partial charge in [-0.15, -0.1) is 0 Å². The molecule has 1 fully saturated rings. The van der Waals surface area contributed by atoms with Crippen molar-refractivity contribution in [2.24, 2.45) is 0 Å². The molecule has 2 heterocycles.